The first kappa shape index (κ1) is 24.8. The molecule has 3 aromatic rings. The Balaban J connectivity index is 1.41. The fourth-order valence-electron chi connectivity index (χ4n) is 5.00. The zero-order valence-electron chi connectivity index (χ0n) is 19.6. The molecule has 0 radical (unpaired) electrons. The maximum Gasteiger partial charge on any atom is 0.303 e. The van der Waals surface area contributed by atoms with Crippen LogP contribution in [-0.4, -0.2) is 27.3 Å². The summed E-state index contributed by atoms with van der Waals surface area (Å²) in [5.41, 5.74) is 2.57. The first-order valence-corrected chi connectivity index (χ1v) is 13.1. The van der Waals surface area contributed by atoms with Gasteiger partial charge >= 0.3 is 5.97 Å². The molecular weight excluding hydrogens is 505 g/mol. The highest BCUT2D eigenvalue weighted by molar-refractivity contribution is 6.36. The largest absolute Gasteiger partial charge is 0.481 e. The van der Waals surface area contributed by atoms with Crippen molar-refractivity contribution in [3.63, 3.8) is 0 Å². The molecule has 2 aliphatic rings. The van der Waals surface area contributed by atoms with E-state index in [1.165, 1.54) is 12.8 Å². The van der Waals surface area contributed by atoms with Gasteiger partial charge in [0.05, 0.1) is 16.4 Å². The lowest BCUT2D eigenvalue weighted by Gasteiger charge is -2.16. The van der Waals surface area contributed by atoms with Crippen molar-refractivity contribution in [2.45, 2.75) is 75.5 Å². The van der Waals surface area contributed by atoms with Gasteiger partial charge in [-0.1, -0.05) is 46.4 Å². The van der Waals surface area contributed by atoms with E-state index in [4.69, 9.17) is 32.2 Å². The van der Waals surface area contributed by atoms with E-state index >= 15 is 0 Å². The number of anilines is 1. The summed E-state index contributed by atoms with van der Waals surface area (Å²) in [6, 6.07) is 6.75. The van der Waals surface area contributed by atoms with Crippen LogP contribution in [0.15, 0.2) is 33.3 Å². The minimum absolute atomic E-state index is 0.0318. The number of nitrogens with one attached hydrogen (secondary N) is 1. The minimum Gasteiger partial charge on any atom is -0.481 e. The van der Waals surface area contributed by atoms with Gasteiger partial charge in [-0.15, -0.1) is 0 Å². The number of rotatable bonds is 10. The third kappa shape index (κ3) is 5.60. The third-order valence-electron chi connectivity index (χ3n) is 6.99. The average molecular weight is 532 g/mol. The van der Waals surface area contributed by atoms with E-state index < -0.39 is 11.9 Å². The Labute approximate surface area is 218 Å². The van der Waals surface area contributed by atoms with Crippen LogP contribution in [0.25, 0.3) is 11.5 Å². The van der Waals surface area contributed by atoms with Crippen molar-refractivity contribution in [3.8, 4) is 11.5 Å². The lowest BCUT2D eigenvalue weighted by atomic mass is 9.90. The second-order valence-corrected chi connectivity index (χ2v) is 10.5. The van der Waals surface area contributed by atoms with Gasteiger partial charge in [-0.2, -0.15) is 0 Å². The van der Waals surface area contributed by atoms with Crippen molar-refractivity contribution < 1.29 is 23.7 Å². The van der Waals surface area contributed by atoms with Crippen LogP contribution in [0.4, 0.5) is 5.69 Å². The summed E-state index contributed by atoms with van der Waals surface area (Å²) in [5.74, 6) is 0.368. The number of aliphatic carboxylic acids is 1. The molecule has 2 fully saturated rings. The van der Waals surface area contributed by atoms with E-state index in [-0.39, 0.29) is 31.1 Å². The van der Waals surface area contributed by atoms with Crippen molar-refractivity contribution in [2.24, 2.45) is 0 Å². The lowest BCUT2D eigenvalue weighted by molar-refractivity contribution is -0.137. The molecule has 0 spiro atoms. The van der Waals surface area contributed by atoms with Gasteiger partial charge < -0.3 is 19.5 Å². The minimum atomic E-state index is -0.935. The molecule has 0 saturated heterocycles. The van der Waals surface area contributed by atoms with Crippen molar-refractivity contribution >= 4 is 40.8 Å². The Hall–Kier alpha value is -2.84. The number of halogens is 2. The second-order valence-electron chi connectivity index (χ2n) is 9.69. The van der Waals surface area contributed by atoms with Crippen molar-refractivity contribution in [2.75, 3.05) is 5.32 Å². The molecule has 2 aromatic heterocycles. The molecule has 8 nitrogen and oxygen atoms in total. The van der Waals surface area contributed by atoms with Gasteiger partial charge in [0, 0.05) is 41.3 Å². The fraction of sp³-hybridized carbons (Fsp3) is 0.462. The Morgan fingerprint density at radius 2 is 1.83 bits per heavy atom. The number of carboxylic acids is 1. The van der Waals surface area contributed by atoms with Crippen LogP contribution in [0.5, 0.6) is 0 Å². The van der Waals surface area contributed by atoms with Crippen molar-refractivity contribution in [3.05, 3.63) is 51.3 Å². The average Bonchev–Trinajstić information content (AvgIpc) is 3.22. The predicted octanol–water partition coefficient (Wildman–Crippen LogP) is 7.15. The number of amides is 1. The molecule has 5 rings (SSSR count). The molecule has 190 valence electrons. The van der Waals surface area contributed by atoms with Crippen LogP contribution >= 0.6 is 23.2 Å². The fourth-order valence-corrected chi connectivity index (χ4v) is 5.46. The first-order chi connectivity index (χ1) is 17.4. The van der Waals surface area contributed by atoms with Crippen LogP contribution in [0.3, 0.4) is 0 Å². The van der Waals surface area contributed by atoms with Crippen LogP contribution in [0, 0.1) is 0 Å². The molecule has 2 N–H and O–H groups in total. The lowest BCUT2D eigenvalue weighted by Crippen LogP contribution is -2.17. The van der Waals surface area contributed by atoms with E-state index in [2.05, 4.69) is 15.6 Å². The number of nitrogens with zero attached hydrogens (tertiary/aromatic N) is 2. The standard InChI is InChI=1S/C26H27Cl2N3O5/c27-17-8-9-19(18(28)12-17)29-22(32)11-16(7-10-23(33)34)25-24(15-5-6-15)26(36-31-25)20-13-21(35-30-20)14-3-1-2-4-14/h8-9,12-16H,1-7,10-11H2,(H,29,32)(H,33,34)/t16-/m0/s1. The Morgan fingerprint density at radius 3 is 2.53 bits per heavy atom. The smallest absolute Gasteiger partial charge is 0.303 e. The first-order valence-electron chi connectivity index (χ1n) is 12.3. The van der Waals surface area contributed by atoms with Crippen LogP contribution < -0.4 is 5.32 Å². The van der Waals surface area contributed by atoms with E-state index in [9.17, 15) is 14.7 Å². The highest BCUT2D eigenvalue weighted by atomic mass is 35.5. The highest BCUT2D eigenvalue weighted by Gasteiger charge is 2.37. The molecule has 0 unspecified atom stereocenters. The summed E-state index contributed by atoms with van der Waals surface area (Å²) >= 11 is 12.2. The van der Waals surface area contributed by atoms with Crippen LogP contribution in [0.1, 0.15) is 92.6 Å². The summed E-state index contributed by atoms with van der Waals surface area (Å²) < 4.78 is 11.4. The topological polar surface area (TPSA) is 118 Å². The SMILES string of the molecule is O=C(O)CC[C@@H](CC(=O)Nc1ccc(Cl)cc1Cl)c1noc(-c2cc(C3CCCC3)on2)c1C1CC1. The molecule has 2 saturated carbocycles. The monoisotopic (exact) mass is 531 g/mol. The third-order valence-corrected chi connectivity index (χ3v) is 7.54. The maximum atomic E-state index is 13.0. The number of hydrogen-bond acceptors (Lipinski definition) is 6. The van der Waals surface area contributed by atoms with Gasteiger partial charge in [0.1, 0.15) is 5.76 Å². The van der Waals surface area contributed by atoms with Crippen molar-refractivity contribution in [1.82, 2.24) is 10.3 Å². The van der Waals surface area contributed by atoms with Crippen LogP contribution in [-0.2, 0) is 9.59 Å². The summed E-state index contributed by atoms with van der Waals surface area (Å²) in [5, 5.41) is 21.5. The molecule has 0 bridgehead atoms. The summed E-state index contributed by atoms with van der Waals surface area (Å²) in [6.45, 7) is 0. The van der Waals surface area contributed by atoms with Gasteiger partial charge in [-0.25, -0.2) is 0 Å². The van der Waals surface area contributed by atoms with E-state index in [0.717, 1.165) is 37.0 Å². The highest BCUT2D eigenvalue weighted by Crippen LogP contribution is 2.49. The molecule has 0 aliphatic heterocycles. The Bertz CT molecular complexity index is 1260. The molecule has 1 atom stereocenters. The molecule has 1 aromatic carbocycles. The number of carbonyl (C=O) groups excluding carboxylic acids is 1. The molecule has 1 amide bonds. The molecule has 2 aliphatic carbocycles. The van der Waals surface area contributed by atoms with Gasteiger partial charge in [0.25, 0.3) is 0 Å². The Morgan fingerprint density at radius 1 is 1.06 bits per heavy atom. The predicted molar refractivity (Wildman–Crippen MR) is 135 cm³/mol. The number of hydrogen-bond donors (Lipinski definition) is 2. The number of benzene rings is 1. The molecular formula is C26H27Cl2N3O5. The summed E-state index contributed by atoms with van der Waals surface area (Å²) in [6.07, 6.45) is 6.70. The molecule has 2 heterocycles. The number of aromatic nitrogens is 2. The van der Waals surface area contributed by atoms with E-state index in [1.807, 2.05) is 6.07 Å². The van der Waals surface area contributed by atoms with Crippen LogP contribution in [0.2, 0.25) is 10.0 Å². The quantitative estimate of drug-likeness (QED) is 0.285. The number of carboxylic acid groups (broad SMARTS) is 1. The molecule has 10 heteroatoms. The van der Waals surface area contributed by atoms with Gasteiger partial charge in [0.15, 0.2) is 11.5 Å². The second kappa shape index (κ2) is 10.6. The summed E-state index contributed by atoms with van der Waals surface area (Å²) in [7, 11) is 0. The zero-order chi connectivity index (χ0) is 25.2. The van der Waals surface area contributed by atoms with E-state index in [1.54, 1.807) is 18.2 Å². The van der Waals surface area contributed by atoms with Gasteiger partial charge in [0.2, 0.25) is 5.91 Å². The zero-order valence-corrected chi connectivity index (χ0v) is 21.1. The Kier molecular flexibility index (Phi) is 7.34. The van der Waals surface area contributed by atoms with E-state index in [0.29, 0.717) is 38.8 Å². The van der Waals surface area contributed by atoms with Gasteiger partial charge in [-0.05, 0) is 56.2 Å². The van der Waals surface area contributed by atoms with Gasteiger partial charge in [-0.3, -0.25) is 9.59 Å². The normalized spacial score (nSPS) is 16.8. The summed E-state index contributed by atoms with van der Waals surface area (Å²) in [4.78, 5) is 24.3. The molecule has 36 heavy (non-hydrogen) atoms. The number of carbonyl (C=O) groups is 2. The van der Waals surface area contributed by atoms with Crippen molar-refractivity contribution in [1.29, 1.82) is 0 Å². The maximum absolute atomic E-state index is 13.0.